The van der Waals surface area contributed by atoms with E-state index in [0.717, 1.165) is 24.3 Å². The number of nitro groups is 1. The van der Waals surface area contributed by atoms with Gasteiger partial charge in [-0.1, -0.05) is 12.1 Å². The van der Waals surface area contributed by atoms with Gasteiger partial charge in [-0.2, -0.15) is 26.0 Å². The van der Waals surface area contributed by atoms with Crippen molar-refractivity contribution < 1.29 is 35.7 Å². The predicted molar refractivity (Wildman–Crippen MR) is 96.5 cm³/mol. The Balaban J connectivity index is 1.76. The normalized spacial score (nSPS) is 14.4. The molecule has 0 saturated heterocycles. The lowest BCUT2D eigenvalue weighted by molar-refractivity contribution is -0.387. The predicted octanol–water partition coefficient (Wildman–Crippen LogP) is 3.19. The minimum Gasteiger partial charge on any atom is -0.334 e. The second-order valence-corrected chi connectivity index (χ2v) is 8.12. The van der Waals surface area contributed by atoms with E-state index in [9.17, 15) is 40.9 Å². The van der Waals surface area contributed by atoms with Crippen molar-refractivity contribution in [1.29, 1.82) is 0 Å². The maximum Gasteiger partial charge on any atom is 0.516 e. The summed E-state index contributed by atoms with van der Waals surface area (Å²) in [6, 6.07) is 6.75. The number of rotatable bonds is 5. The number of benzene rings is 2. The molecule has 1 aliphatic heterocycles. The molecule has 0 fully saturated rings. The fourth-order valence-corrected chi connectivity index (χ4v) is 3.50. The van der Waals surface area contributed by atoms with E-state index in [1.807, 2.05) is 0 Å². The number of nitrogens with one attached hydrogen (secondary N) is 1. The highest BCUT2D eigenvalue weighted by atomic mass is 32.2. The zero-order valence-corrected chi connectivity index (χ0v) is 15.8. The first-order valence-corrected chi connectivity index (χ1v) is 9.81. The van der Waals surface area contributed by atoms with Crippen LogP contribution in [0.25, 0.3) is 0 Å². The number of hydrogen-bond donors (Lipinski definition) is 1. The van der Waals surface area contributed by atoms with E-state index in [1.165, 1.54) is 21.8 Å². The summed E-state index contributed by atoms with van der Waals surface area (Å²) >= 11 is 0. The molecule has 0 bridgehead atoms. The number of anilines is 1. The summed E-state index contributed by atoms with van der Waals surface area (Å²) < 4.78 is 74.6. The van der Waals surface area contributed by atoms with Crippen LogP contribution in [0.3, 0.4) is 0 Å². The molecular weight excluding hydrogens is 434 g/mol. The zero-order valence-electron chi connectivity index (χ0n) is 14.9. The van der Waals surface area contributed by atoms with Crippen molar-refractivity contribution in [3.63, 3.8) is 0 Å². The highest BCUT2D eigenvalue weighted by Crippen LogP contribution is 2.28. The number of hydrogen-bond acceptors (Lipinski definition) is 5. The summed E-state index contributed by atoms with van der Waals surface area (Å²) in [5, 5.41) is 10.9. The number of sulfonamides is 1. The molecule has 0 saturated carbocycles. The summed E-state index contributed by atoms with van der Waals surface area (Å²) in [5.41, 5.74) is -5.75. The number of fused-ring (bicyclic) bond motifs is 1. The molecule has 1 heterocycles. The second kappa shape index (κ2) is 7.55. The third-order valence-electron chi connectivity index (χ3n) is 4.42. The molecule has 1 aliphatic rings. The van der Waals surface area contributed by atoms with Crippen molar-refractivity contribution in [3.05, 3.63) is 69.0 Å². The molecule has 3 rings (SSSR count). The van der Waals surface area contributed by atoms with Crippen LogP contribution in [0.1, 0.15) is 21.5 Å². The maximum absolute atomic E-state index is 13.7. The zero-order chi connectivity index (χ0) is 22.3. The molecule has 0 radical (unpaired) electrons. The first-order valence-electron chi connectivity index (χ1n) is 8.33. The molecule has 8 nitrogen and oxygen atoms in total. The molecule has 0 spiro atoms. The van der Waals surface area contributed by atoms with Crippen LogP contribution in [0, 0.1) is 15.9 Å². The van der Waals surface area contributed by atoms with Crippen molar-refractivity contribution in [1.82, 2.24) is 4.90 Å². The van der Waals surface area contributed by atoms with Crippen LogP contribution in [-0.2, 0) is 23.0 Å². The van der Waals surface area contributed by atoms with Gasteiger partial charge in [0.1, 0.15) is 0 Å². The first kappa shape index (κ1) is 21.5. The summed E-state index contributed by atoms with van der Waals surface area (Å²) in [6.45, 7) is 0.223. The molecule has 0 atom stereocenters. The Morgan fingerprint density at radius 3 is 2.37 bits per heavy atom. The number of alkyl halides is 3. The van der Waals surface area contributed by atoms with Crippen LogP contribution in [0.4, 0.5) is 28.9 Å². The third-order valence-corrected chi connectivity index (χ3v) is 5.54. The lowest BCUT2D eigenvalue weighted by atomic mass is 9.97. The van der Waals surface area contributed by atoms with Crippen molar-refractivity contribution in [2.45, 2.75) is 18.5 Å². The van der Waals surface area contributed by atoms with E-state index in [2.05, 4.69) is 0 Å². The largest absolute Gasteiger partial charge is 0.516 e. The fraction of sp³-hybridized carbons (Fsp3) is 0.235. The maximum atomic E-state index is 13.7. The Morgan fingerprint density at radius 1 is 1.17 bits per heavy atom. The van der Waals surface area contributed by atoms with Crippen LogP contribution in [-0.4, -0.2) is 36.2 Å². The minimum atomic E-state index is -5.55. The van der Waals surface area contributed by atoms with Crippen molar-refractivity contribution in [3.8, 4) is 0 Å². The van der Waals surface area contributed by atoms with Gasteiger partial charge in [0.05, 0.1) is 4.92 Å². The molecular formula is C17H13F4N3O5S. The van der Waals surface area contributed by atoms with Crippen LogP contribution >= 0.6 is 0 Å². The Kier molecular flexibility index (Phi) is 5.41. The van der Waals surface area contributed by atoms with Gasteiger partial charge >= 0.3 is 21.2 Å². The smallest absolute Gasteiger partial charge is 0.334 e. The fourth-order valence-electron chi connectivity index (χ4n) is 2.94. The molecule has 13 heteroatoms. The SMILES string of the molecule is O=C1c2cc([N+](=O)[O-])c(F)cc2CCN1Cc1ccc(NS(=O)(=O)C(F)(F)F)cc1. The number of amides is 1. The number of nitro benzene ring substituents is 1. The van der Waals surface area contributed by atoms with Gasteiger partial charge < -0.3 is 4.90 Å². The average molecular weight is 447 g/mol. The summed E-state index contributed by atoms with van der Waals surface area (Å²) in [7, 11) is -5.55. The van der Waals surface area contributed by atoms with Crippen LogP contribution in [0.5, 0.6) is 0 Å². The first-order chi connectivity index (χ1) is 13.9. The lowest BCUT2D eigenvalue weighted by Crippen LogP contribution is -2.37. The molecule has 2 aromatic rings. The minimum absolute atomic E-state index is 0.00362. The van der Waals surface area contributed by atoms with E-state index in [0.29, 0.717) is 11.1 Å². The molecule has 0 aromatic heterocycles. The van der Waals surface area contributed by atoms with E-state index in [1.54, 1.807) is 0 Å². The van der Waals surface area contributed by atoms with Gasteiger partial charge in [-0.25, -0.2) is 0 Å². The lowest BCUT2D eigenvalue weighted by Gasteiger charge is -2.28. The Hall–Kier alpha value is -3.22. The number of carbonyl (C=O) groups excluding carboxylic acids is 1. The van der Waals surface area contributed by atoms with Crippen molar-refractivity contribution >= 4 is 27.3 Å². The van der Waals surface area contributed by atoms with Gasteiger partial charge in [0.2, 0.25) is 5.82 Å². The number of carbonyl (C=O) groups is 1. The molecule has 1 amide bonds. The second-order valence-electron chi connectivity index (χ2n) is 6.44. The van der Waals surface area contributed by atoms with E-state index < -0.39 is 37.9 Å². The number of nitrogens with zero attached hydrogens (tertiary/aromatic N) is 2. The van der Waals surface area contributed by atoms with Gasteiger partial charge in [-0.15, -0.1) is 0 Å². The van der Waals surface area contributed by atoms with E-state index in [4.69, 9.17) is 0 Å². The van der Waals surface area contributed by atoms with Gasteiger partial charge in [-0.05, 0) is 35.7 Å². The third kappa shape index (κ3) is 4.20. The summed E-state index contributed by atoms with van der Waals surface area (Å²) in [5.74, 6) is -1.59. The van der Waals surface area contributed by atoms with Crippen LogP contribution in [0.15, 0.2) is 36.4 Å². The van der Waals surface area contributed by atoms with Crippen LogP contribution < -0.4 is 4.72 Å². The van der Waals surface area contributed by atoms with E-state index >= 15 is 0 Å². The van der Waals surface area contributed by atoms with Crippen LogP contribution in [0.2, 0.25) is 0 Å². The molecule has 1 N–H and O–H groups in total. The van der Waals surface area contributed by atoms with Crippen molar-refractivity contribution in [2.24, 2.45) is 0 Å². The molecule has 0 unspecified atom stereocenters. The van der Waals surface area contributed by atoms with E-state index in [-0.39, 0.29) is 30.8 Å². The molecule has 30 heavy (non-hydrogen) atoms. The molecule has 2 aromatic carbocycles. The Labute approximate surface area is 167 Å². The topological polar surface area (TPSA) is 110 Å². The summed E-state index contributed by atoms with van der Waals surface area (Å²) in [4.78, 5) is 24.0. The Bertz CT molecular complexity index is 1120. The standard InChI is InChI=1S/C17H13F4N3O5S/c18-14-7-11-5-6-23(16(25)13(11)8-15(14)24(26)27)9-10-1-3-12(4-2-10)22-30(28,29)17(19,20)21/h1-4,7-8,22H,5-6,9H2. The number of halogens is 4. The quantitative estimate of drug-likeness (QED) is 0.430. The monoisotopic (exact) mass is 447 g/mol. The highest BCUT2D eigenvalue weighted by Gasteiger charge is 2.46. The van der Waals surface area contributed by atoms with Gasteiger partial charge in [0.25, 0.3) is 5.91 Å². The molecule has 0 aliphatic carbocycles. The van der Waals surface area contributed by atoms with Gasteiger partial charge in [0, 0.05) is 30.4 Å². The highest BCUT2D eigenvalue weighted by molar-refractivity contribution is 7.93. The Morgan fingerprint density at radius 2 is 1.80 bits per heavy atom. The van der Waals surface area contributed by atoms with Gasteiger partial charge in [0.15, 0.2) is 0 Å². The van der Waals surface area contributed by atoms with Crippen molar-refractivity contribution in [2.75, 3.05) is 11.3 Å². The summed E-state index contributed by atoms with van der Waals surface area (Å²) in [6.07, 6.45) is 0.263. The molecule has 160 valence electrons. The average Bonchev–Trinajstić information content (AvgIpc) is 2.64. The van der Waals surface area contributed by atoms with Gasteiger partial charge in [-0.3, -0.25) is 19.6 Å².